The van der Waals surface area contributed by atoms with Crippen molar-refractivity contribution in [2.45, 2.75) is 29.2 Å². The summed E-state index contributed by atoms with van der Waals surface area (Å²) in [5, 5.41) is 21.8. The van der Waals surface area contributed by atoms with E-state index in [2.05, 4.69) is 9.47 Å². The molecule has 0 radical (unpaired) electrons. The fourth-order valence-corrected chi connectivity index (χ4v) is 0.0833. The van der Waals surface area contributed by atoms with E-state index < -0.39 is 6.79 Å². The van der Waals surface area contributed by atoms with E-state index >= 15 is 0 Å². The van der Waals surface area contributed by atoms with Crippen molar-refractivity contribution in [3.8, 4) is 0 Å². The van der Waals surface area contributed by atoms with Gasteiger partial charge in [0.15, 0.2) is 13.6 Å². The molecule has 1 rings (SSSR count). The van der Waals surface area contributed by atoms with E-state index in [0.717, 1.165) is 0 Å². The van der Waals surface area contributed by atoms with Gasteiger partial charge < -0.3 is 24.8 Å². The average Bonchev–Trinajstić information content (AvgIpc) is 1.62. The van der Waals surface area contributed by atoms with Crippen LogP contribution in [0, 0.1) is 0 Å². The molecule has 0 aromatic rings. The van der Waals surface area contributed by atoms with Crippen molar-refractivity contribution in [3.63, 3.8) is 0 Å². The molecule has 0 saturated carbocycles. The van der Waals surface area contributed by atoms with Gasteiger partial charge in [-0.3, -0.25) is 0 Å². The van der Waals surface area contributed by atoms with E-state index in [1.807, 2.05) is 0 Å². The smallest absolute Gasteiger partial charge is 0.152 e. The summed E-state index contributed by atoms with van der Waals surface area (Å²) in [6.07, 6.45) is 0. The Hall–Kier alpha value is -0.200. The Morgan fingerprint density at radius 2 is 1.00 bits per heavy atom. The molecule has 5 nitrogen and oxygen atoms in total. The summed E-state index contributed by atoms with van der Waals surface area (Å²) in [7, 11) is 0. The summed E-state index contributed by atoms with van der Waals surface area (Å²) >= 11 is 0. The van der Waals surface area contributed by atoms with E-state index in [1.54, 1.807) is 6.92 Å². The first kappa shape index (κ1) is 29.3. The minimum Gasteiger partial charge on any atom is -0.397 e. The lowest BCUT2D eigenvalue weighted by molar-refractivity contribution is -0.247. The zero-order chi connectivity index (χ0) is 8.24. The van der Waals surface area contributed by atoms with Crippen molar-refractivity contribution in [1.29, 1.82) is 0 Å². The van der Waals surface area contributed by atoms with E-state index in [4.69, 9.17) is 15.3 Å². The number of aliphatic hydroxyl groups is 3. The summed E-state index contributed by atoms with van der Waals surface area (Å²) in [6, 6.07) is 0. The molecule has 1 heterocycles. The number of aliphatic hydroxyl groups excluding tert-OH is 2. The van der Waals surface area contributed by atoms with Crippen LogP contribution >= 0.6 is 0 Å². The van der Waals surface area contributed by atoms with Crippen LogP contribution in [-0.2, 0) is 9.47 Å². The van der Waals surface area contributed by atoms with Gasteiger partial charge >= 0.3 is 0 Å². The molecule has 1 saturated heterocycles. The second-order valence-electron chi connectivity index (χ2n) is 1.10. The molecule has 3 N–H and O–H groups in total. The van der Waals surface area contributed by atoms with Gasteiger partial charge in [0.1, 0.15) is 6.79 Å². The van der Waals surface area contributed by atoms with Crippen LogP contribution in [0.3, 0.4) is 0 Å². The first-order valence-electron chi connectivity index (χ1n) is 2.81. The Kier molecular flexibility index (Phi) is 92.2. The molecule has 0 bridgehead atoms. The molecule has 13 heavy (non-hydrogen) atoms. The van der Waals surface area contributed by atoms with Gasteiger partial charge in [-0.25, -0.2) is 0 Å². The summed E-state index contributed by atoms with van der Waals surface area (Å²) in [6.45, 7) is 2.18. The predicted molar refractivity (Wildman–Crippen MR) is 54.2 cm³/mol. The van der Waals surface area contributed by atoms with E-state index in [-0.39, 0.29) is 28.9 Å². The van der Waals surface area contributed by atoms with Gasteiger partial charge in [0.25, 0.3) is 0 Å². The summed E-state index contributed by atoms with van der Waals surface area (Å²) in [5.41, 5.74) is 0. The Bertz CT molecular complexity index is 33.5. The van der Waals surface area contributed by atoms with Crippen molar-refractivity contribution in [3.05, 3.63) is 0 Å². The molecule has 0 aromatic carbocycles. The summed E-state index contributed by atoms with van der Waals surface area (Å²) < 4.78 is 9.00. The molecule has 0 amide bonds. The Morgan fingerprint density at radius 1 is 0.923 bits per heavy atom. The van der Waals surface area contributed by atoms with Crippen LogP contribution in [0.4, 0.5) is 0 Å². The highest BCUT2D eigenvalue weighted by molar-refractivity contribution is 4.09. The van der Waals surface area contributed by atoms with Crippen molar-refractivity contribution < 1.29 is 24.8 Å². The molecule has 1 aliphatic heterocycles. The van der Waals surface area contributed by atoms with E-state index in [1.165, 1.54) is 0 Å². The zero-order valence-corrected chi connectivity index (χ0v) is 5.99. The number of hydrogen-bond acceptors (Lipinski definition) is 5. The van der Waals surface area contributed by atoms with Crippen LogP contribution in [-0.4, -0.2) is 42.3 Å². The van der Waals surface area contributed by atoms with Crippen LogP contribution in [0.25, 0.3) is 0 Å². The molecule has 88 valence electrons. The predicted octanol–water partition coefficient (Wildman–Crippen LogP) is 0.784. The lowest BCUT2D eigenvalue weighted by Gasteiger charge is -2.10. The van der Waals surface area contributed by atoms with Gasteiger partial charge in [0.05, 0.1) is 0 Å². The van der Waals surface area contributed by atoms with Crippen LogP contribution < -0.4 is 0 Å². The second kappa shape index (κ2) is 40.9. The van der Waals surface area contributed by atoms with E-state index in [9.17, 15) is 0 Å². The Morgan fingerprint density at radius 3 is 1.00 bits per heavy atom. The lowest BCUT2D eigenvalue weighted by Crippen LogP contribution is -2.14. The molecule has 0 atom stereocenters. The molecular weight excluding hydrogens is 176 g/mol. The molecule has 5 heteroatoms. The standard InChI is InChI=1S/C2H4O2.C2H6O.CH4O2.3CH4/c1-3-2-4-1;1-2-3;2-1-3;;;/h1-2H2;3H,2H2,1H3;2-3H,1H2;3*1H4. The maximum atomic E-state index is 7.57. The monoisotopic (exact) mass is 202 g/mol. The van der Waals surface area contributed by atoms with Crippen LogP contribution in [0.1, 0.15) is 29.2 Å². The number of rotatable bonds is 0. The van der Waals surface area contributed by atoms with Crippen LogP contribution in [0.15, 0.2) is 0 Å². The summed E-state index contributed by atoms with van der Waals surface area (Å²) in [5.74, 6) is 0. The first-order chi connectivity index (χ1) is 4.83. The van der Waals surface area contributed by atoms with Gasteiger partial charge in [0, 0.05) is 6.61 Å². The second-order valence-corrected chi connectivity index (χ2v) is 1.10. The maximum absolute atomic E-state index is 7.57. The van der Waals surface area contributed by atoms with E-state index in [0.29, 0.717) is 13.6 Å². The molecule has 0 unspecified atom stereocenters. The zero-order valence-electron chi connectivity index (χ0n) is 5.99. The van der Waals surface area contributed by atoms with Crippen LogP contribution in [0.2, 0.25) is 0 Å². The third-order valence-corrected chi connectivity index (χ3v) is 0.333. The van der Waals surface area contributed by atoms with Crippen molar-refractivity contribution in [2.75, 3.05) is 27.0 Å². The van der Waals surface area contributed by atoms with Gasteiger partial charge in [-0.2, -0.15) is 0 Å². The van der Waals surface area contributed by atoms with Crippen molar-refractivity contribution >= 4 is 0 Å². The molecule has 0 spiro atoms. The molecule has 1 fully saturated rings. The highest BCUT2D eigenvalue weighted by Gasteiger charge is 1.93. The maximum Gasteiger partial charge on any atom is 0.152 e. The lowest BCUT2D eigenvalue weighted by atomic mass is 10.9. The van der Waals surface area contributed by atoms with Crippen molar-refractivity contribution in [1.82, 2.24) is 0 Å². The van der Waals surface area contributed by atoms with Crippen molar-refractivity contribution in [2.24, 2.45) is 0 Å². The number of ether oxygens (including phenoxy) is 2. The minimum atomic E-state index is -0.750. The third-order valence-electron chi connectivity index (χ3n) is 0.333. The Labute approximate surface area is 81.9 Å². The van der Waals surface area contributed by atoms with Gasteiger partial charge in [0.2, 0.25) is 0 Å². The first-order valence-corrected chi connectivity index (χ1v) is 2.81. The third kappa shape index (κ3) is 78.5. The highest BCUT2D eigenvalue weighted by Crippen LogP contribution is 1.87. The average molecular weight is 202 g/mol. The van der Waals surface area contributed by atoms with Crippen LogP contribution in [0.5, 0.6) is 0 Å². The Balaban J connectivity index is -0.0000000225. The largest absolute Gasteiger partial charge is 0.397 e. The van der Waals surface area contributed by atoms with Gasteiger partial charge in [-0.1, -0.05) is 22.3 Å². The molecule has 0 aliphatic carbocycles. The quantitative estimate of drug-likeness (QED) is 0.506. The molecule has 0 aromatic heterocycles. The SMILES string of the molecule is C.C.C.C1OCO1.CCO.OCO. The normalized spacial score (nSPS) is 10.2. The fourth-order valence-electron chi connectivity index (χ4n) is 0.0833. The number of hydrogen-bond donors (Lipinski definition) is 3. The minimum absolute atomic E-state index is 0. The fraction of sp³-hybridized carbons (Fsp3) is 1.00. The molecule has 1 aliphatic rings. The highest BCUT2D eigenvalue weighted by atomic mass is 16.8. The summed E-state index contributed by atoms with van der Waals surface area (Å²) in [4.78, 5) is 0. The van der Waals surface area contributed by atoms with Gasteiger partial charge in [-0.05, 0) is 6.92 Å². The molecular formula is C8H26O5. The van der Waals surface area contributed by atoms with Gasteiger partial charge in [-0.15, -0.1) is 0 Å². The topological polar surface area (TPSA) is 79.2 Å².